The van der Waals surface area contributed by atoms with Crippen molar-refractivity contribution in [2.24, 2.45) is 5.10 Å². The van der Waals surface area contributed by atoms with E-state index in [4.69, 9.17) is 0 Å². The topological polar surface area (TPSA) is 45.6 Å². The van der Waals surface area contributed by atoms with Gasteiger partial charge in [-0.25, -0.2) is 0 Å². The number of nitrogens with zero attached hydrogens (tertiary/aromatic N) is 3. The van der Waals surface area contributed by atoms with Crippen molar-refractivity contribution in [2.45, 2.75) is 0 Å². The highest BCUT2D eigenvalue weighted by molar-refractivity contribution is 7.85. The molecule has 1 heterocycles. The van der Waals surface area contributed by atoms with Gasteiger partial charge < -0.3 is 5.01 Å². The monoisotopic (exact) mass is 225 g/mol. The summed E-state index contributed by atoms with van der Waals surface area (Å²) in [6, 6.07) is 5.61. The molecule has 1 aromatic heterocycles. The van der Waals surface area contributed by atoms with Crippen molar-refractivity contribution in [3.8, 4) is 0 Å². The number of rotatable bonds is 4. The lowest BCUT2D eigenvalue weighted by Crippen LogP contribution is -2.17. The summed E-state index contributed by atoms with van der Waals surface area (Å²) in [7, 11) is 2.76. The first-order chi connectivity index (χ1) is 7.09. The van der Waals surface area contributed by atoms with Crippen LogP contribution in [-0.2, 0) is 10.8 Å². The molecular formula is C10H15N3OS. The van der Waals surface area contributed by atoms with E-state index in [1.54, 1.807) is 17.5 Å². The summed E-state index contributed by atoms with van der Waals surface area (Å²) in [6.07, 6.45) is 3.37. The van der Waals surface area contributed by atoms with Gasteiger partial charge in [-0.15, -0.1) is 0 Å². The van der Waals surface area contributed by atoms with Crippen LogP contribution in [0.15, 0.2) is 29.5 Å². The molecule has 0 saturated carbocycles. The quantitative estimate of drug-likeness (QED) is 0.560. The Morgan fingerprint density at radius 1 is 1.53 bits per heavy atom. The molecule has 1 aromatic rings. The number of pyridine rings is 1. The first-order valence-electron chi connectivity index (χ1n) is 4.56. The van der Waals surface area contributed by atoms with Crippen molar-refractivity contribution in [1.29, 1.82) is 0 Å². The minimum atomic E-state index is -0.910. The van der Waals surface area contributed by atoms with Crippen molar-refractivity contribution < 1.29 is 4.21 Å². The first-order valence-corrected chi connectivity index (χ1v) is 6.28. The number of hydrazone groups is 1. The maximum absolute atomic E-state index is 11.2. The third kappa shape index (κ3) is 4.20. The van der Waals surface area contributed by atoms with Crippen molar-refractivity contribution in [3.05, 3.63) is 30.1 Å². The molecule has 1 atom stereocenters. The zero-order valence-corrected chi connectivity index (χ0v) is 9.99. The third-order valence-electron chi connectivity index (χ3n) is 1.62. The van der Waals surface area contributed by atoms with Crippen molar-refractivity contribution in [3.63, 3.8) is 0 Å². The molecule has 0 aliphatic carbocycles. The minimum Gasteiger partial charge on any atom is -0.303 e. The predicted molar refractivity (Wildman–Crippen MR) is 63.4 cm³/mol. The zero-order valence-electron chi connectivity index (χ0n) is 9.17. The lowest BCUT2D eigenvalue weighted by Gasteiger charge is -2.09. The van der Waals surface area contributed by atoms with Gasteiger partial charge in [0.1, 0.15) is 0 Å². The van der Waals surface area contributed by atoms with Crippen molar-refractivity contribution >= 4 is 16.5 Å². The van der Waals surface area contributed by atoms with E-state index in [1.165, 1.54) is 0 Å². The zero-order chi connectivity index (χ0) is 11.3. The van der Waals surface area contributed by atoms with E-state index in [0.29, 0.717) is 5.75 Å². The molecule has 82 valence electrons. The molecule has 0 radical (unpaired) electrons. The van der Waals surface area contributed by atoms with Gasteiger partial charge in [-0.2, -0.15) is 5.10 Å². The standard InChI is InChI=1S/C10H15N3OS/c1-13(2)12-10(8-15(3)14)9-6-4-5-7-11-9/h4-7H,8H2,1-3H3/b12-10+. The summed E-state index contributed by atoms with van der Waals surface area (Å²) >= 11 is 0. The third-order valence-corrected chi connectivity index (χ3v) is 2.30. The van der Waals surface area contributed by atoms with Gasteiger partial charge in [0.25, 0.3) is 0 Å². The second-order valence-electron chi connectivity index (χ2n) is 3.33. The lowest BCUT2D eigenvalue weighted by molar-refractivity contribution is 0.437. The van der Waals surface area contributed by atoms with Crippen LogP contribution in [0.4, 0.5) is 0 Å². The second-order valence-corrected chi connectivity index (χ2v) is 4.76. The predicted octanol–water partition coefficient (Wildman–Crippen LogP) is 0.726. The normalized spacial score (nSPS) is 13.7. The Hall–Kier alpha value is -1.23. The fraction of sp³-hybridized carbons (Fsp3) is 0.400. The van der Waals surface area contributed by atoms with Crippen LogP contribution in [0.25, 0.3) is 0 Å². The van der Waals surface area contributed by atoms with Gasteiger partial charge in [-0.3, -0.25) is 9.19 Å². The molecule has 0 amide bonds. The van der Waals surface area contributed by atoms with E-state index in [0.717, 1.165) is 11.4 Å². The molecule has 0 bridgehead atoms. The summed E-state index contributed by atoms with van der Waals surface area (Å²) in [5, 5.41) is 5.97. The van der Waals surface area contributed by atoms with Gasteiger partial charge in [-0.05, 0) is 12.1 Å². The molecule has 0 fully saturated rings. The Balaban J connectivity index is 2.96. The highest BCUT2D eigenvalue weighted by atomic mass is 32.2. The molecule has 1 rings (SSSR count). The van der Waals surface area contributed by atoms with Crippen molar-refractivity contribution in [1.82, 2.24) is 9.99 Å². The molecule has 4 nitrogen and oxygen atoms in total. The Labute approximate surface area is 92.5 Å². The maximum Gasteiger partial charge on any atom is 0.0985 e. The highest BCUT2D eigenvalue weighted by Crippen LogP contribution is 1.99. The lowest BCUT2D eigenvalue weighted by atomic mass is 10.2. The van der Waals surface area contributed by atoms with Gasteiger partial charge in [0.15, 0.2) is 0 Å². The van der Waals surface area contributed by atoms with Crippen LogP contribution >= 0.6 is 0 Å². The van der Waals surface area contributed by atoms with Gasteiger partial charge in [-0.1, -0.05) is 6.07 Å². The van der Waals surface area contributed by atoms with E-state index in [1.807, 2.05) is 32.3 Å². The molecule has 0 aliphatic heterocycles. The Bertz CT molecular complexity index is 362. The van der Waals surface area contributed by atoms with Crippen LogP contribution in [0, 0.1) is 0 Å². The SMILES string of the molecule is CN(C)/N=C(\CS(C)=O)c1ccccn1. The summed E-state index contributed by atoms with van der Waals surface area (Å²) in [5.41, 5.74) is 1.53. The minimum absolute atomic E-state index is 0.426. The van der Waals surface area contributed by atoms with E-state index >= 15 is 0 Å². The van der Waals surface area contributed by atoms with Gasteiger partial charge in [0, 0.05) is 37.3 Å². The molecule has 15 heavy (non-hydrogen) atoms. The van der Waals surface area contributed by atoms with Crippen LogP contribution in [0.1, 0.15) is 5.69 Å². The van der Waals surface area contributed by atoms with Crippen molar-refractivity contribution in [2.75, 3.05) is 26.1 Å². The number of hydrogen-bond acceptors (Lipinski definition) is 4. The second kappa shape index (κ2) is 5.60. The number of hydrogen-bond donors (Lipinski definition) is 0. The first kappa shape index (κ1) is 11.8. The molecule has 0 N–H and O–H groups in total. The Morgan fingerprint density at radius 2 is 2.27 bits per heavy atom. The molecule has 5 heteroatoms. The highest BCUT2D eigenvalue weighted by Gasteiger charge is 2.07. The fourth-order valence-corrected chi connectivity index (χ4v) is 1.71. The average molecular weight is 225 g/mol. The van der Waals surface area contributed by atoms with Gasteiger partial charge >= 0.3 is 0 Å². The fourth-order valence-electron chi connectivity index (χ4n) is 1.12. The molecular weight excluding hydrogens is 210 g/mol. The van der Waals surface area contributed by atoms with E-state index in [-0.39, 0.29) is 0 Å². The summed E-state index contributed by atoms with van der Waals surface area (Å²) < 4.78 is 11.2. The summed E-state index contributed by atoms with van der Waals surface area (Å²) in [4.78, 5) is 4.19. The van der Waals surface area contributed by atoms with Crippen LogP contribution in [0.3, 0.4) is 0 Å². The van der Waals surface area contributed by atoms with Crippen LogP contribution in [0.2, 0.25) is 0 Å². The van der Waals surface area contributed by atoms with E-state index < -0.39 is 10.8 Å². The molecule has 0 saturated heterocycles. The van der Waals surface area contributed by atoms with Crippen LogP contribution < -0.4 is 0 Å². The Morgan fingerprint density at radius 3 is 2.73 bits per heavy atom. The molecule has 0 aliphatic rings. The smallest absolute Gasteiger partial charge is 0.0985 e. The molecule has 0 aromatic carbocycles. The van der Waals surface area contributed by atoms with Crippen LogP contribution in [-0.4, -0.2) is 46.0 Å². The van der Waals surface area contributed by atoms with E-state index in [9.17, 15) is 4.21 Å². The summed E-state index contributed by atoms with van der Waals surface area (Å²) in [6.45, 7) is 0. The largest absolute Gasteiger partial charge is 0.303 e. The Kier molecular flexibility index (Phi) is 4.42. The molecule has 0 spiro atoms. The van der Waals surface area contributed by atoms with Crippen LogP contribution in [0.5, 0.6) is 0 Å². The van der Waals surface area contributed by atoms with E-state index in [2.05, 4.69) is 10.1 Å². The van der Waals surface area contributed by atoms with Gasteiger partial charge in [0.2, 0.25) is 0 Å². The summed E-state index contributed by atoms with van der Waals surface area (Å²) in [5.74, 6) is 0.426. The number of aromatic nitrogens is 1. The molecule has 1 unspecified atom stereocenters. The maximum atomic E-state index is 11.2. The van der Waals surface area contributed by atoms with Gasteiger partial charge in [0.05, 0.1) is 17.2 Å². The average Bonchev–Trinajstić information content (AvgIpc) is 2.17.